The average molecular weight is 246 g/mol. The van der Waals surface area contributed by atoms with Crippen LogP contribution in [0.25, 0.3) is 0 Å². The Hall–Kier alpha value is -1.34. The second kappa shape index (κ2) is 5.53. The van der Waals surface area contributed by atoms with Crippen LogP contribution in [0.4, 0.5) is 0 Å². The van der Waals surface area contributed by atoms with Crippen LogP contribution in [-0.4, -0.2) is 25.1 Å². The molecule has 2 rings (SSSR count). The zero-order valence-corrected chi connectivity index (χ0v) is 10.8. The molecule has 0 saturated carbocycles. The molecule has 0 N–H and O–H groups in total. The van der Waals surface area contributed by atoms with Gasteiger partial charge in [0, 0.05) is 5.56 Å². The van der Waals surface area contributed by atoms with Gasteiger partial charge in [-0.15, -0.1) is 6.42 Å². The molecule has 0 aliphatic carbocycles. The lowest BCUT2D eigenvalue weighted by Gasteiger charge is -2.17. The lowest BCUT2D eigenvalue weighted by Crippen LogP contribution is -2.24. The van der Waals surface area contributed by atoms with E-state index in [1.807, 2.05) is 38.1 Å². The van der Waals surface area contributed by atoms with Gasteiger partial charge in [-0.2, -0.15) is 0 Å². The molecule has 0 amide bonds. The minimum Gasteiger partial charge on any atom is -0.374 e. The van der Waals surface area contributed by atoms with Crippen molar-refractivity contribution in [2.75, 3.05) is 13.2 Å². The molecular formula is C15H18O3. The Morgan fingerprint density at radius 3 is 2.67 bits per heavy atom. The second-order valence-electron chi connectivity index (χ2n) is 4.81. The van der Waals surface area contributed by atoms with Crippen molar-refractivity contribution in [2.45, 2.75) is 32.3 Å². The molecule has 1 aliphatic rings. The fourth-order valence-electron chi connectivity index (χ4n) is 1.85. The van der Waals surface area contributed by atoms with Gasteiger partial charge in [0.25, 0.3) is 0 Å². The van der Waals surface area contributed by atoms with Crippen LogP contribution in [0.5, 0.6) is 0 Å². The first-order chi connectivity index (χ1) is 8.59. The number of ether oxygens (including phenoxy) is 3. The second-order valence-corrected chi connectivity index (χ2v) is 4.81. The zero-order chi connectivity index (χ0) is 13.0. The average Bonchev–Trinajstić information content (AvgIpc) is 2.70. The Kier molecular flexibility index (Phi) is 4.03. The minimum absolute atomic E-state index is 0.0185. The lowest BCUT2D eigenvalue weighted by molar-refractivity contribution is -0.145. The SMILES string of the molecule is C#Cc1ccc(COCC2COC(C)(C)O2)cc1. The molecule has 96 valence electrons. The van der Waals surface area contributed by atoms with E-state index in [1.165, 1.54) is 0 Å². The van der Waals surface area contributed by atoms with E-state index >= 15 is 0 Å². The van der Waals surface area contributed by atoms with Crippen LogP contribution in [0, 0.1) is 12.3 Å². The molecular weight excluding hydrogens is 228 g/mol. The van der Waals surface area contributed by atoms with E-state index in [0.717, 1.165) is 11.1 Å². The van der Waals surface area contributed by atoms with Crippen LogP contribution in [-0.2, 0) is 20.8 Å². The molecule has 1 heterocycles. The summed E-state index contributed by atoms with van der Waals surface area (Å²) in [7, 11) is 0. The van der Waals surface area contributed by atoms with E-state index in [9.17, 15) is 0 Å². The van der Waals surface area contributed by atoms with Crippen molar-refractivity contribution in [2.24, 2.45) is 0 Å². The van der Waals surface area contributed by atoms with Crippen molar-refractivity contribution in [3.8, 4) is 12.3 Å². The summed E-state index contributed by atoms with van der Waals surface area (Å²) >= 11 is 0. The predicted molar refractivity (Wildman–Crippen MR) is 68.9 cm³/mol. The summed E-state index contributed by atoms with van der Waals surface area (Å²) in [6.45, 7) is 5.51. The van der Waals surface area contributed by atoms with E-state index in [-0.39, 0.29) is 6.10 Å². The molecule has 3 nitrogen and oxygen atoms in total. The van der Waals surface area contributed by atoms with Crippen molar-refractivity contribution in [3.05, 3.63) is 35.4 Å². The smallest absolute Gasteiger partial charge is 0.163 e. The van der Waals surface area contributed by atoms with Crippen LogP contribution in [0.1, 0.15) is 25.0 Å². The molecule has 1 aromatic rings. The van der Waals surface area contributed by atoms with Gasteiger partial charge in [0.1, 0.15) is 6.10 Å². The minimum atomic E-state index is -0.484. The van der Waals surface area contributed by atoms with Gasteiger partial charge in [-0.05, 0) is 31.5 Å². The predicted octanol–water partition coefficient (Wildman–Crippen LogP) is 2.34. The van der Waals surface area contributed by atoms with Gasteiger partial charge in [-0.25, -0.2) is 0 Å². The number of hydrogen-bond acceptors (Lipinski definition) is 3. The van der Waals surface area contributed by atoms with Gasteiger partial charge in [-0.3, -0.25) is 0 Å². The Morgan fingerprint density at radius 1 is 1.39 bits per heavy atom. The van der Waals surface area contributed by atoms with Gasteiger partial charge in [0.2, 0.25) is 0 Å². The number of rotatable bonds is 4. The zero-order valence-electron chi connectivity index (χ0n) is 10.8. The summed E-state index contributed by atoms with van der Waals surface area (Å²) in [4.78, 5) is 0. The molecule has 1 saturated heterocycles. The highest BCUT2D eigenvalue weighted by Crippen LogP contribution is 2.22. The van der Waals surface area contributed by atoms with Gasteiger partial charge in [0.05, 0.1) is 19.8 Å². The van der Waals surface area contributed by atoms with E-state index in [2.05, 4.69) is 5.92 Å². The summed E-state index contributed by atoms with van der Waals surface area (Å²) in [6.07, 6.45) is 5.31. The van der Waals surface area contributed by atoms with Gasteiger partial charge in [0.15, 0.2) is 5.79 Å². The Bertz CT molecular complexity index is 428. The van der Waals surface area contributed by atoms with Crippen molar-refractivity contribution in [1.29, 1.82) is 0 Å². The summed E-state index contributed by atoms with van der Waals surface area (Å²) in [6, 6.07) is 7.78. The third kappa shape index (κ3) is 3.58. The number of benzene rings is 1. The van der Waals surface area contributed by atoms with Crippen LogP contribution < -0.4 is 0 Å². The third-order valence-corrected chi connectivity index (χ3v) is 2.76. The van der Waals surface area contributed by atoms with Crippen molar-refractivity contribution < 1.29 is 14.2 Å². The summed E-state index contributed by atoms with van der Waals surface area (Å²) in [5.41, 5.74) is 1.99. The fourth-order valence-corrected chi connectivity index (χ4v) is 1.85. The Labute approximate surface area is 108 Å². The van der Waals surface area contributed by atoms with Crippen LogP contribution in [0.15, 0.2) is 24.3 Å². The summed E-state index contributed by atoms with van der Waals surface area (Å²) < 4.78 is 16.7. The molecule has 0 radical (unpaired) electrons. The maximum atomic E-state index is 5.65. The van der Waals surface area contributed by atoms with Gasteiger partial charge < -0.3 is 14.2 Å². The first-order valence-electron chi connectivity index (χ1n) is 6.04. The maximum absolute atomic E-state index is 5.65. The number of hydrogen-bond donors (Lipinski definition) is 0. The van der Waals surface area contributed by atoms with Crippen LogP contribution >= 0.6 is 0 Å². The summed E-state index contributed by atoms with van der Waals surface area (Å²) in [5.74, 6) is 2.10. The maximum Gasteiger partial charge on any atom is 0.163 e. The van der Waals surface area contributed by atoms with Crippen molar-refractivity contribution in [3.63, 3.8) is 0 Å². The Balaban J connectivity index is 1.74. The fraction of sp³-hybridized carbons (Fsp3) is 0.467. The van der Waals surface area contributed by atoms with Crippen molar-refractivity contribution >= 4 is 0 Å². The molecule has 3 heteroatoms. The Morgan fingerprint density at radius 2 is 2.11 bits per heavy atom. The highest BCUT2D eigenvalue weighted by atomic mass is 16.7. The quantitative estimate of drug-likeness (QED) is 0.763. The van der Waals surface area contributed by atoms with E-state index < -0.39 is 5.79 Å². The van der Waals surface area contributed by atoms with Crippen molar-refractivity contribution in [1.82, 2.24) is 0 Å². The largest absolute Gasteiger partial charge is 0.374 e. The first kappa shape index (κ1) is 13.1. The lowest BCUT2D eigenvalue weighted by atomic mass is 10.1. The molecule has 0 spiro atoms. The molecule has 1 atom stereocenters. The topological polar surface area (TPSA) is 27.7 Å². The molecule has 1 unspecified atom stereocenters. The van der Waals surface area contributed by atoms with Crippen LogP contribution in [0.3, 0.4) is 0 Å². The molecule has 0 bridgehead atoms. The summed E-state index contributed by atoms with van der Waals surface area (Å²) in [5, 5.41) is 0. The standard InChI is InChI=1S/C15H18O3/c1-4-12-5-7-13(8-6-12)9-16-10-14-11-17-15(2,3)18-14/h1,5-8,14H,9-11H2,2-3H3. The van der Waals surface area contributed by atoms with E-state index in [4.69, 9.17) is 20.6 Å². The van der Waals surface area contributed by atoms with E-state index in [0.29, 0.717) is 19.8 Å². The van der Waals surface area contributed by atoms with Gasteiger partial charge >= 0.3 is 0 Å². The normalized spacial score (nSPS) is 21.7. The number of terminal acetylenes is 1. The monoisotopic (exact) mass is 246 g/mol. The molecule has 0 aromatic heterocycles. The molecule has 18 heavy (non-hydrogen) atoms. The first-order valence-corrected chi connectivity index (χ1v) is 6.04. The highest BCUT2D eigenvalue weighted by Gasteiger charge is 2.32. The van der Waals surface area contributed by atoms with Crippen LogP contribution in [0.2, 0.25) is 0 Å². The van der Waals surface area contributed by atoms with Gasteiger partial charge in [-0.1, -0.05) is 18.1 Å². The highest BCUT2D eigenvalue weighted by molar-refractivity contribution is 5.33. The van der Waals surface area contributed by atoms with E-state index in [1.54, 1.807) is 0 Å². The molecule has 1 aliphatic heterocycles. The molecule has 1 fully saturated rings. The molecule has 1 aromatic carbocycles. The third-order valence-electron chi connectivity index (χ3n) is 2.76.